The van der Waals surface area contributed by atoms with E-state index in [1.165, 1.54) is 0 Å². The van der Waals surface area contributed by atoms with Crippen molar-refractivity contribution in [3.8, 4) is 0 Å². The average molecular weight is 239 g/mol. The van der Waals surface area contributed by atoms with Gasteiger partial charge >= 0.3 is 0 Å². The Balaban J connectivity index is 0. The van der Waals surface area contributed by atoms with Gasteiger partial charge in [0.2, 0.25) is 5.91 Å². The van der Waals surface area contributed by atoms with Crippen LogP contribution in [0.4, 0.5) is 0 Å². The van der Waals surface area contributed by atoms with Crippen molar-refractivity contribution in [1.82, 2.24) is 5.32 Å². The summed E-state index contributed by atoms with van der Waals surface area (Å²) in [5.74, 6) is 0.564. The van der Waals surface area contributed by atoms with Crippen LogP contribution in [-0.2, 0) is 9.53 Å². The minimum atomic E-state index is 0. The zero-order valence-electron chi connectivity index (χ0n) is 9.79. The highest BCUT2D eigenvalue weighted by molar-refractivity contribution is 5.85. The van der Waals surface area contributed by atoms with Gasteiger partial charge < -0.3 is 15.8 Å². The van der Waals surface area contributed by atoms with Gasteiger partial charge in [-0.15, -0.1) is 12.4 Å². The van der Waals surface area contributed by atoms with Crippen LogP contribution in [0.25, 0.3) is 0 Å². The first-order chi connectivity index (χ1) is 6.60. The van der Waals surface area contributed by atoms with Gasteiger partial charge in [-0.3, -0.25) is 4.79 Å². The first-order valence-electron chi connectivity index (χ1n) is 5.08. The molecule has 0 aliphatic rings. The number of nitrogens with two attached hydrogens (primary N) is 1. The molecule has 0 rings (SSSR count). The van der Waals surface area contributed by atoms with Crippen LogP contribution in [0.1, 0.15) is 26.7 Å². The lowest BCUT2D eigenvalue weighted by atomic mass is 10.0. The molecule has 0 aliphatic carbocycles. The summed E-state index contributed by atoms with van der Waals surface area (Å²) >= 11 is 0. The van der Waals surface area contributed by atoms with Crippen molar-refractivity contribution in [3.05, 3.63) is 0 Å². The molecule has 0 aromatic heterocycles. The Bertz CT molecular complexity index is 166. The second kappa shape index (κ2) is 10.2. The quantitative estimate of drug-likeness (QED) is 0.694. The van der Waals surface area contributed by atoms with Gasteiger partial charge in [0.15, 0.2) is 0 Å². The van der Waals surface area contributed by atoms with E-state index in [1.807, 2.05) is 0 Å². The number of nitrogens with one attached hydrogen (secondary N) is 1. The maximum Gasteiger partial charge on any atom is 0.222 e. The topological polar surface area (TPSA) is 64.3 Å². The van der Waals surface area contributed by atoms with E-state index >= 15 is 0 Å². The minimum Gasteiger partial charge on any atom is -0.384 e. The van der Waals surface area contributed by atoms with Crippen molar-refractivity contribution in [2.24, 2.45) is 11.7 Å². The predicted molar refractivity (Wildman–Crippen MR) is 64.2 cm³/mol. The molecular formula is C10H23ClN2O2. The summed E-state index contributed by atoms with van der Waals surface area (Å²) in [6.45, 7) is 5.19. The van der Waals surface area contributed by atoms with E-state index in [2.05, 4.69) is 19.2 Å². The molecule has 0 fully saturated rings. The zero-order chi connectivity index (χ0) is 11.0. The number of amides is 1. The number of halogens is 1. The van der Waals surface area contributed by atoms with Gasteiger partial charge in [-0.1, -0.05) is 13.8 Å². The summed E-state index contributed by atoms with van der Waals surface area (Å²) in [7, 11) is 1.59. The molecular weight excluding hydrogens is 216 g/mol. The van der Waals surface area contributed by atoms with Crippen LogP contribution in [-0.4, -0.2) is 32.2 Å². The molecule has 5 heteroatoms. The zero-order valence-corrected chi connectivity index (χ0v) is 10.6. The molecule has 15 heavy (non-hydrogen) atoms. The Morgan fingerprint density at radius 1 is 1.47 bits per heavy atom. The fourth-order valence-corrected chi connectivity index (χ4v) is 1.28. The normalized spacial score (nSPS) is 12.1. The van der Waals surface area contributed by atoms with Crippen molar-refractivity contribution >= 4 is 18.3 Å². The summed E-state index contributed by atoms with van der Waals surface area (Å²) in [5, 5.41) is 2.89. The molecule has 0 aromatic carbocycles. The number of carbonyl (C=O) groups is 1. The highest BCUT2D eigenvalue weighted by atomic mass is 35.5. The van der Waals surface area contributed by atoms with E-state index in [-0.39, 0.29) is 24.4 Å². The summed E-state index contributed by atoms with van der Waals surface area (Å²) in [5.41, 5.74) is 5.55. The molecule has 0 saturated heterocycles. The molecule has 92 valence electrons. The Labute approximate surface area is 98.3 Å². The van der Waals surface area contributed by atoms with E-state index in [1.54, 1.807) is 7.11 Å². The molecule has 4 nitrogen and oxygen atoms in total. The maximum atomic E-state index is 11.3. The molecule has 0 aromatic rings. The number of rotatable bonds is 7. The van der Waals surface area contributed by atoms with Crippen molar-refractivity contribution < 1.29 is 9.53 Å². The molecule has 0 aliphatic heterocycles. The van der Waals surface area contributed by atoms with Crippen LogP contribution < -0.4 is 11.1 Å². The van der Waals surface area contributed by atoms with Gasteiger partial charge in [0.1, 0.15) is 0 Å². The first-order valence-corrected chi connectivity index (χ1v) is 5.08. The van der Waals surface area contributed by atoms with E-state index < -0.39 is 0 Å². The average Bonchev–Trinajstić information content (AvgIpc) is 2.12. The Hall–Kier alpha value is -0.320. The fraction of sp³-hybridized carbons (Fsp3) is 0.900. The molecule has 0 heterocycles. The third kappa shape index (κ3) is 9.97. The Morgan fingerprint density at radius 3 is 2.47 bits per heavy atom. The van der Waals surface area contributed by atoms with Crippen LogP contribution in [0, 0.1) is 5.92 Å². The lowest BCUT2D eigenvalue weighted by Crippen LogP contribution is -2.41. The fourth-order valence-electron chi connectivity index (χ4n) is 1.28. The van der Waals surface area contributed by atoms with E-state index in [9.17, 15) is 4.79 Å². The van der Waals surface area contributed by atoms with Crippen LogP contribution >= 0.6 is 12.4 Å². The standard InChI is InChI=1S/C10H22N2O2.ClH/c1-8(2)6-9(7-11)12-10(13)4-5-14-3;/h8-9H,4-7,11H2,1-3H3,(H,12,13);1H. The molecule has 0 saturated carbocycles. The summed E-state index contributed by atoms with van der Waals surface area (Å²) in [6.07, 6.45) is 1.33. The maximum absolute atomic E-state index is 11.3. The first kappa shape index (κ1) is 17.1. The van der Waals surface area contributed by atoms with Crippen LogP contribution in [0.5, 0.6) is 0 Å². The molecule has 0 spiro atoms. The molecule has 0 radical (unpaired) electrons. The van der Waals surface area contributed by atoms with Gasteiger partial charge in [0.05, 0.1) is 6.61 Å². The van der Waals surface area contributed by atoms with Gasteiger partial charge in [0, 0.05) is 26.1 Å². The van der Waals surface area contributed by atoms with E-state index in [0.29, 0.717) is 25.5 Å². The Kier molecular flexibility index (Phi) is 11.6. The molecule has 3 N–H and O–H groups in total. The number of methoxy groups -OCH3 is 1. The second-order valence-corrected chi connectivity index (χ2v) is 3.87. The summed E-state index contributed by atoms with van der Waals surface area (Å²) < 4.78 is 4.82. The highest BCUT2D eigenvalue weighted by Gasteiger charge is 2.11. The van der Waals surface area contributed by atoms with E-state index in [0.717, 1.165) is 6.42 Å². The summed E-state index contributed by atoms with van der Waals surface area (Å²) in [4.78, 5) is 11.3. The predicted octanol–water partition coefficient (Wildman–Crippen LogP) is 0.934. The van der Waals surface area contributed by atoms with Crippen LogP contribution in [0.2, 0.25) is 0 Å². The molecule has 1 amide bonds. The number of ether oxygens (including phenoxy) is 1. The van der Waals surface area contributed by atoms with Gasteiger partial charge in [-0.25, -0.2) is 0 Å². The van der Waals surface area contributed by atoms with Crippen molar-refractivity contribution in [2.45, 2.75) is 32.7 Å². The third-order valence-electron chi connectivity index (χ3n) is 1.94. The second-order valence-electron chi connectivity index (χ2n) is 3.87. The molecule has 0 bridgehead atoms. The number of hydrogen-bond donors (Lipinski definition) is 2. The highest BCUT2D eigenvalue weighted by Crippen LogP contribution is 2.03. The van der Waals surface area contributed by atoms with E-state index in [4.69, 9.17) is 10.5 Å². The van der Waals surface area contributed by atoms with Gasteiger partial charge in [-0.05, 0) is 12.3 Å². The van der Waals surface area contributed by atoms with Crippen LogP contribution in [0.3, 0.4) is 0 Å². The third-order valence-corrected chi connectivity index (χ3v) is 1.94. The molecule has 1 atom stereocenters. The summed E-state index contributed by atoms with van der Waals surface area (Å²) in [6, 6.07) is 0.0966. The SMILES string of the molecule is COCCC(=O)NC(CN)CC(C)C.Cl. The Morgan fingerprint density at radius 2 is 2.07 bits per heavy atom. The minimum absolute atomic E-state index is 0. The lowest BCUT2D eigenvalue weighted by Gasteiger charge is -2.18. The van der Waals surface area contributed by atoms with Crippen LogP contribution in [0.15, 0.2) is 0 Å². The largest absolute Gasteiger partial charge is 0.384 e. The van der Waals surface area contributed by atoms with Crippen molar-refractivity contribution in [2.75, 3.05) is 20.3 Å². The monoisotopic (exact) mass is 238 g/mol. The smallest absolute Gasteiger partial charge is 0.222 e. The van der Waals surface area contributed by atoms with Gasteiger partial charge in [0.25, 0.3) is 0 Å². The molecule has 1 unspecified atom stereocenters. The number of hydrogen-bond acceptors (Lipinski definition) is 3. The van der Waals surface area contributed by atoms with Crippen molar-refractivity contribution in [3.63, 3.8) is 0 Å². The van der Waals surface area contributed by atoms with Crippen molar-refractivity contribution in [1.29, 1.82) is 0 Å². The lowest BCUT2D eigenvalue weighted by molar-refractivity contribution is -0.122. The number of carbonyl (C=O) groups excluding carboxylic acids is 1. The van der Waals surface area contributed by atoms with Gasteiger partial charge in [-0.2, -0.15) is 0 Å².